The quantitative estimate of drug-likeness (QED) is 0.669. The number of sulfone groups is 1. The molecular weight excluding hydrogens is 276 g/mol. The predicted octanol–water partition coefficient (Wildman–Crippen LogP) is 1.88. The Hall–Kier alpha value is -1.27. The molecule has 0 heterocycles. The number of hydrogen-bond donors (Lipinski definition) is 3. The Kier molecular flexibility index (Phi) is 5.83. The number of para-hydroxylation sites is 1. The summed E-state index contributed by atoms with van der Waals surface area (Å²) < 4.78 is 23.2. The minimum absolute atomic E-state index is 0.111. The van der Waals surface area contributed by atoms with Crippen molar-refractivity contribution in [3.63, 3.8) is 0 Å². The van der Waals surface area contributed by atoms with Crippen molar-refractivity contribution < 1.29 is 13.5 Å². The number of aliphatic hydroxyl groups is 1. The van der Waals surface area contributed by atoms with Gasteiger partial charge in [0.05, 0.1) is 22.4 Å². The summed E-state index contributed by atoms with van der Waals surface area (Å²) in [5.74, 6) is 0.224. The summed E-state index contributed by atoms with van der Waals surface area (Å²) in [5.41, 5.74) is 6.61. The van der Waals surface area contributed by atoms with Crippen molar-refractivity contribution in [2.75, 3.05) is 23.9 Å². The lowest BCUT2D eigenvalue weighted by Gasteiger charge is -2.21. The van der Waals surface area contributed by atoms with Gasteiger partial charge in [-0.3, -0.25) is 0 Å². The van der Waals surface area contributed by atoms with Crippen molar-refractivity contribution in [2.24, 2.45) is 5.92 Å². The molecule has 1 rings (SSSR count). The molecule has 5 nitrogen and oxygen atoms in total. The van der Waals surface area contributed by atoms with Crippen LogP contribution in [-0.2, 0) is 9.84 Å². The van der Waals surface area contributed by atoms with Gasteiger partial charge in [0.15, 0.2) is 9.84 Å². The van der Waals surface area contributed by atoms with E-state index in [1.807, 2.05) is 13.8 Å². The molecule has 0 saturated carbocycles. The van der Waals surface area contributed by atoms with E-state index in [1.54, 1.807) is 12.1 Å². The second-order valence-electron chi connectivity index (χ2n) is 5.01. The van der Waals surface area contributed by atoms with Gasteiger partial charge in [-0.05, 0) is 18.1 Å². The third-order valence-corrected chi connectivity index (χ3v) is 4.72. The number of hydrogen-bond acceptors (Lipinski definition) is 5. The number of nitrogens with one attached hydrogen (secondary N) is 1. The summed E-state index contributed by atoms with van der Waals surface area (Å²) in [4.78, 5) is 0.111. The van der Waals surface area contributed by atoms with Crippen LogP contribution >= 0.6 is 0 Å². The maximum Gasteiger partial charge on any atom is 0.177 e. The van der Waals surface area contributed by atoms with Gasteiger partial charge in [0.2, 0.25) is 0 Å². The fourth-order valence-corrected chi connectivity index (χ4v) is 3.07. The second-order valence-corrected chi connectivity index (χ2v) is 7.00. The molecule has 4 N–H and O–H groups in total. The van der Waals surface area contributed by atoms with Gasteiger partial charge in [0.1, 0.15) is 0 Å². The smallest absolute Gasteiger partial charge is 0.177 e. The molecule has 114 valence electrons. The number of nitrogens with two attached hydrogens (primary N) is 1. The van der Waals surface area contributed by atoms with Crippen LogP contribution in [0.15, 0.2) is 23.1 Å². The SMILES string of the molecule is CCC(CC)C(O)CNc1cccc(S(C)(=O)=O)c1N. The summed E-state index contributed by atoms with van der Waals surface area (Å²) in [5, 5.41) is 13.1. The molecule has 6 heteroatoms. The van der Waals surface area contributed by atoms with E-state index >= 15 is 0 Å². The van der Waals surface area contributed by atoms with E-state index in [2.05, 4.69) is 5.32 Å². The van der Waals surface area contributed by atoms with Crippen molar-refractivity contribution in [3.8, 4) is 0 Å². The number of nitrogen functional groups attached to an aromatic ring is 1. The van der Waals surface area contributed by atoms with Crippen molar-refractivity contribution >= 4 is 21.2 Å². The number of rotatable bonds is 7. The van der Waals surface area contributed by atoms with E-state index in [-0.39, 0.29) is 16.5 Å². The Balaban J connectivity index is 2.85. The highest BCUT2D eigenvalue weighted by molar-refractivity contribution is 7.90. The van der Waals surface area contributed by atoms with Crippen molar-refractivity contribution in [1.82, 2.24) is 0 Å². The third-order valence-electron chi connectivity index (χ3n) is 3.56. The standard InChI is InChI=1S/C14H24N2O3S/c1-4-10(5-2)12(17)9-16-11-7-6-8-13(14(11)15)20(3,18)19/h6-8,10,12,16-17H,4-5,9,15H2,1-3H3. The molecule has 20 heavy (non-hydrogen) atoms. The monoisotopic (exact) mass is 300 g/mol. The summed E-state index contributed by atoms with van der Waals surface area (Å²) in [7, 11) is -3.35. The van der Waals surface area contributed by atoms with Crippen LogP contribution < -0.4 is 11.1 Å². The Bertz CT molecular complexity index is 539. The normalized spacial score (nSPS) is 13.4. The van der Waals surface area contributed by atoms with Crippen LogP contribution in [0.3, 0.4) is 0 Å². The molecule has 0 saturated heterocycles. The van der Waals surface area contributed by atoms with Gasteiger partial charge in [-0.25, -0.2) is 8.42 Å². The Morgan fingerprint density at radius 2 is 1.90 bits per heavy atom. The van der Waals surface area contributed by atoms with E-state index in [0.29, 0.717) is 12.2 Å². The lowest BCUT2D eigenvalue weighted by molar-refractivity contribution is 0.114. The largest absolute Gasteiger partial charge is 0.396 e. The number of anilines is 2. The van der Waals surface area contributed by atoms with Gasteiger partial charge in [0.25, 0.3) is 0 Å². The van der Waals surface area contributed by atoms with E-state index < -0.39 is 15.9 Å². The molecule has 1 atom stereocenters. The Morgan fingerprint density at radius 1 is 1.30 bits per heavy atom. The van der Waals surface area contributed by atoms with Crippen molar-refractivity contribution in [3.05, 3.63) is 18.2 Å². The first kappa shape index (κ1) is 16.8. The van der Waals surface area contributed by atoms with Crippen LogP contribution in [0, 0.1) is 5.92 Å². The van der Waals surface area contributed by atoms with Crippen LogP contribution in [0.2, 0.25) is 0 Å². The average Bonchev–Trinajstić information content (AvgIpc) is 2.37. The van der Waals surface area contributed by atoms with Crippen LogP contribution in [-0.4, -0.2) is 32.4 Å². The molecule has 0 aliphatic carbocycles. The third kappa shape index (κ3) is 4.11. The molecule has 0 spiro atoms. The van der Waals surface area contributed by atoms with Crippen LogP contribution in [0.1, 0.15) is 26.7 Å². The summed E-state index contributed by atoms with van der Waals surface area (Å²) in [6.45, 7) is 4.43. The molecular formula is C14H24N2O3S. The maximum atomic E-state index is 11.6. The summed E-state index contributed by atoms with van der Waals surface area (Å²) in [6, 6.07) is 4.83. The van der Waals surface area contributed by atoms with Gasteiger partial charge in [-0.2, -0.15) is 0 Å². The second kappa shape index (κ2) is 6.95. The molecule has 0 aliphatic heterocycles. The van der Waals surface area contributed by atoms with Gasteiger partial charge < -0.3 is 16.2 Å². The van der Waals surface area contributed by atoms with E-state index in [1.165, 1.54) is 6.07 Å². The van der Waals surface area contributed by atoms with Gasteiger partial charge >= 0.3 is 0 Å². The molecule has 0 aliphatic rings. The molecule has 0 bridgehead atoms. The first-order chi connectivity index (χ1) is 9.31. The molecule has 1 unspecified atom stereocenters. The molecule has 1 aromatic carbocycles. The first-order valence-electron chi connectivity index (χ1n) is 6.81. The maximum absolute atomic E-state index is 11.6. The highest BCUT2D eigenvalue weighted by atomic mass is 32.2. The van der Waals surface area contributed by atoms with Gasteiger partial charge in [-0.15, -0.1) is 0 Å². The lowest BCUT2D eigenvalue weighted by Crippen LogP contribution is -2.28. The summed E-state index contributed by atoms with van der Waals surface area (Å²) >= 11 is 0. The van der Waals surface area contributed by atoms with E-state index in [4.69, 9.17) is 5.73 Å². The zero-order valence-corrected chi connectivity index (χ0v) is 13.1. The molecule has 0 aromatic heterocycles. The van der Waals surface area contributed by atoms with Gasteiger partial charge in [0, 0.05) is 12.8 Å². The Labute approximate surface area is 121 Å². The number of aliphatic hydroxyl groups excluding tert-OH is 1. The highest BCUT2D eigenvalue weighted by Gasteiger charge is 2.17. The topological polar surface area (TPSA) is 92.4 Å². The van der Waals surface area contributed by atoms with Crippen LogP contribution in [0.4, 0.5) is 11.4 Å². The highest BCUT2D eigenvalue weighted by Crippen LogP contribution is 2.26. The fourth-order valence-electron chi connectivity index (χ4n) is 2.24. The molecule has 0 fully saturated rings. The number of benzene rings is 1. The van der Waals surface area contributed by atoms with E-state index in [9.17, 15) is 13.5 Å². The predicted molar refractivity (Wildman–Crippen MR) is 82.5 cm³/mol. The fraction of sp³-hybridized carbons (Fsp3) is 0.571. The molecule has 0 radical (unpaired) electrons. The van der Waals surface area contributed by atoms with E-state index in [0.717, 1.165) is 19.1 Å². The Morgan fingerprint density at radius 3 is 2.40 bits per heavy atom. The summed E-state index contributed by atoms with van der Waals surface area (Å²) in [6.07, 6.45) is 2.45. The van der Waals surface area contributed by atoms with Crippen molar-refractivity contribution in [1.29, 1.82) is 0 Å². The minimum Gasteiger partial charge on any atom is -0.396 e. The first-order valence-corrected chi connectivity index (χ1v) is 8.70. The zero-order valence-electron chi connectivity index (χ0n) is 12.3. The van der Waals surface area contributed by atoms with Crippen molar-refractivity contribution in [2.45, 2.75) is 37.7 Å². The van der Waals surface area contributed by atoms with Crippen LogP contribution in [0.25, 0.3) is 0 Å². The minimum atomic E-state index is -3.35. The van der Waals surface area contributed by atoms with Crippen LogP contribution in [0.5, 0.6) is 0 Å². The molecule has 1 aromatic rings. The lowest BCUT2D eigenvalue weighted by atomic mass is 9.96. The average molecular weight is 300 g/mol. The van der Waals surface area contributed by atoms with Gasteiger partial charge in [-0.1, -0.05) is 32.8 Å². The zero-order chi connectivity index (χ0) is 15.3. The molecule has 0 amide bonds.